The Morgan fingerprint density at radius 3 is 2.34 bits per heavy atom. The molecule has 2 heterocycles. The smallest absolute Gasteiger partial charge is 0.259 e. The number of anilines is 1. The number of alkyl halides is 2. The van der Waals surface area contributed by atoms with Crippen LogP contribution in [0.25, 0.3) is 10.4 Å². The fraction of sp³-hybridized carbons (Fsp3) is 0.375. The predicted octanol–water partition coefficient (Wildman–Crippen LogP) is 5.84. The van der Waals surface area contributed by atoms with Crippen LogP contribution in [-0.4, -0.2) is 41.8 Å². The van der Waals surface area contributed by atoms with Crippen LogP contribution in [0.4, 0.5) is 14.5 Å². The number of nitrogens with zero attached hydrogens (tertiary/aromatic N) is 5. The molecule has 1 aromatic carbocycles. The fourth-order valence-electron chi connectivity index (χ4n) is 4.15. The summed E-state index contributed by atoms with van der Waals surface area (Å²) in [6, 6.07) is 5.98. The second-order valence-corrected chi connectivity index (χ2v) is 10.3. The molecular weight excluding hydrogens is 587 g/mol. The molecule has 3 aromatic rings. The highest BCUT2D eigenvalue weighted by Crippen LogP contribution is 2.38. The normalized spacial score (nSPS) is 16.5. The molecule has 35 heavy (non-hydrogen) atoms. The van der Waals surface area contributed by atoms with Crippen molar-refractivity contribution in [2.24, 2.45) is 0 Å². The molecule has 1 aliphatic rings. The number of rotatable bonds is 7. The van der Waals surface area contributed by atoms with Crippen LogP contribution in [0, 0.1) is 0 Å². The van der Waals surface area contributed by atoms with Crippen molar-refractivity contribution in [3.05, 3.63) is 60.3 Å². The summed E-state index contributed by atoms with van der Waals surface area (Å²) in [5.74, 6) is -3.32. The van der Waals surface area contributed by atoms with Crippen LogP contribution >= 0.6 is 34.2 Å². The van der Waals surface area contributed by atoms with Gasteiger partial charge in [-0.1, -0.05) is 19.1 Å². The lowest BCUT2D eigenvalue weighted by atomic mass is 9.92. The maximum Gasteiger partial charge on any atom is 0.259 e. The number of hydrogen-bond donors (Lipinski definition) is 0. The molecule has 0 bridgehead atoms. The summed E-state index contributed by atoms with van der Waals surface area (Å²) in [6.45, 7) is 1.73. The van der Waals surface area contributed by atoms with Crippen LogP contribution in [0.5, 0.6) is 0 Å². The third-order valence-electron chi connectivity index (χ3n) is 6.04. The molecule has 0 saturated heterocycles. The molecule has 1 atom stereocenters. The minimum atomic E-state index is -2.70. The number of hydrogen-bond acceptors (Lipinski definition) is 6. The van der Waals surface area contributed by atoms with E-state index in [1.807, 2.05) is 35.0 Å². The molecule has 2 aromatic heterocycles. The highest BCUT2D eigenvalue weighted by molar-refractivity contribution is 14.1. The van der Waals surface area contributed by atoms with Gasteiger partial charge in [-0.2, -0.15) is 0 Å². The molecular formula is C24H24F2IN5O2S. The van der Waals surface area contributed by atoms with E-state index in [0.717, 1.165) is 10.4 Å². The first-order chi connectivity index (χ1) is 16.8. The van der Waals surface area contributed by atoms with Crippen molar-refractivity contribution >= 4 is 51.7 Å². The molecule has 0 aliphatic heterocycles. The van der Waals surface area contributed by atoms with E-state index in [2.05, 4.69) is 15.0 Å². The van der Waals surface area contributed by atoms with Gasteiger partial charge >= 0.3 is 0 Å². The number of aromatic nitrogens is 3. The lowest BCUT2D eigenvalue weighted by molar-refractivity contribution is -0.132. The molecule has 11 heteroatoms. The van der Waals surface area contributed by atoms with Gasteiger partial charge in [0.1, 0.15) is 12.4 Å². The van der Waals surface area contributed by atoms with E-state index in [1.165, 1.54) is 38.1 Å². The first-order valence-corrected chi connectivity index (χ1v) is 13.1. The second-order valence-electron chi connectivity index (χ2n) is 8.34. The fourth-order valence-corrected chi connectivity index (χ4v) is 5.60. The highest BCUT2D eigenvalue weighted by atomic mass is 127. The number of thiazole rings is 1. The van der Waals surface area contributed by atoms with Gasteiger partial charge in [0.2, 0.25) is 11.8 Å². The number of benzene rings is 1. The van der Waals surface area contributed by atoms with Crippen LogP contribution in [0.15, 0.2) is 54.7 Å². The molecule has 2 amide bonds. The first-order valence-electron chi connectivity index (χ1n) is 11.2. The van der Waals surface area contributed by atoms with Crippen molar-refractivity contribution in [2.45, 2.75) is 57.0 Å². The van der Waals surface area contributed by atoms with E-state index in [0.29, 0.717) is 11.3 Å². The van der Waals surface area contributed by atoms with E-state index < -0.39 is 12.0 Å². The Balaban J connectivity index is 1.70. The SMILES string of the molecule is CCC(=O)N(c1ccc(-c2cncs2)cc1)[C@@H](C(=O)N(I)C1CCC(F)(F)CC1)c1cncnc1. The largest absolute Gasteiger partial charge is 0.296 e. The van der Waals surface area contributed by atoms with Gasteiger partial charge in [-0.25, -0.2) is 18.7 Å². The summed E-state index contributed by atoms with van der Waals surface area (Å²) >= 11 is 3.40. The Bertz CT molecular complexity index is 1140. The topological polar surface area (TPSA) is 79.3 Å². The first kappa shape index (κ1) is 25.5. The Labute approximate surface area is 220 Å². The Morgan fingerprint density at radius 1 is 1.11 bits per heavy atom. The standard InChI is InChI=1S/C24H24F2IN5O2S/c1-2-21(33)31(18-5-3-16(4-6-18)20-13-30-15-35-20)22(17-11-28-14-29-12-17)23(34)32(27)19-7-9-24(25,26)10-8-19/h3-6,11-15,19,22H,2,7-10H2,1H3/t22-/m1/s1. The molecule has 7 nitrogen and oxygen atoms in total. The summed E-state index contributed by atoms with van der Waals surface area (Å²) < 4.78 is 28.9. The molecule has 184 valence electrons. The third kappa shape index (κ3) is 5.83. The summed E-state index contributed by atoms with van der Waals surface area (Å²) in [5, 5.41) is 0. The van der Waals surface area contributed by atoms with Gasteiger partial charge in [0.05, 0.1) is 33.3 Å². The van der Waals surface area contributed by atoms with Crippen molar-refractivity contribution in [3.63, 3.8) is 0 Å². The average molecular weight is 611 g/mol. The Hall–Kier alpha value is -2.54. The Morgan fingerprint density at radius 2 is 1.77 bits per heavy atom. The monoisotopic (exact) mass is 611 g/mol. The van der Waals surface area contributed by atoms with Crippen LogP contribution in [0.3, 0.4) is 0 Å². The van der Waals surface area contributed by atoms with Crippen LogP contribution < -0.4 is 4.90 Å². The lowest BCUT2D eigenvalue weighted by Gasteiger charge is -2.37. The van der Waals surface area contributed by atoms with Gasteiger partial charge in [0, 0.05) is 55.1 Å². The third-order valence-corrected chi connectivity index (χ3v) is 8.13. The maximum atomic E-state index is 13.9. The van der Waals surface area contributed by atoms with E-state index >= 15 is 0 Å². The number of halogens is 3. The second kappa shape index (κ2) is 11.0. The van der Waals surface area contributed by atoms with Gasteiger partial charge in [-0.05, 0) is 30.5 Å². The average Bonchev–Trinajstić information content (AvgIpc) is 3.42. The van der Waals surface area contributed by atoms with Crippen LogP contribution in [-0.2, 0) is 9.59 Å². The van der Waals surface area contributed by atoms with Gasteiger partial charge < -0.3 is 0 Å². The molecule has 1 saturated carbocycles. The van der Waals surface area contributed by atoms with Crippen molar-refractivity contribution in [2.75, 3.05) is 4.90 Å². The number of amides is 2. The van der Waals surface area contributed by atoms with Gasteiger partial charge in [-0.3, -0.25) is 22.6 Å². The summed E-state index contributed by atoms with van der Waals surface area (Å²) in [4.78, 5) is 41.8. The summed E-state index contributed by atoms with van der Waals surface area (Å²) in [6.07, 6.45) is 6.19. The van der Waals surface area contributed by atoms with Crippen molar-refractivity contribution < 1.29 is 18.4 Å². The minimum absolute atomic E-state index is 0.172. The van der Waals surface area contributed by atoms with Crippen LogP contribution in [0.2, 0.25) is 0 Å². The minimum Gasteiger partial charge on any atom is -0.296 e. The van der Waals surface area contributed by atoms with Crippen molar-refractivity contribution in [3.8, 4) is 10.4 Å². The van der Waals surface area contributed by atoms with Crippen molar-refractivity contribution in [1.29, 1.82) is 0 Å². The number of carbonyl (C=O) groups is 2. The summed E-state index contributed by atoms with van der Waals surface area (Å²) in [5.41, 5.74) is 3.70. The molecule has 1 fully saturated rings. The zero-order valence-electron chi connectivity index (χ0n) is 19.0. The predicted molar refractivity (Wildman–Crippen MR) is 138 cm³/mol. The van der Waals surface area contributed by atoms with E-state index in [9.17, 15) is 18.4 Å². The van der Waals surface area contributed by atoms with Gasteiger partial charge in [-0.15, -0.1) is 11.3 Å². The van der Waals surface area contributed by atoms with Crippen molar-refractivity contribution in [1.82, 2.24) is 18.1 Å². The quantitative estimate of drug-likeness (QED) is 0.248. The molecule has 1 aliphatic carbocycles. The van der Waals surface area contributed by atoms with E-state index in [-0.39, 0.29) is 50.0 Å². The molecule has 4 rings (SSSR count). The highest BCUT2D eigenvalue weighted by Gasteiger charge is 2.41. The zero-order valence-corrected chi connectivity index (χ0v) is 22.0. The molecule has 0 N–H and O–H groups in total. The summed E-state index contributed by atoms with van der Waals surface area (Å²) in [7, 11) is 0. The van der Waals surface area contributed by atoms with E-state index in [1.54, 1.807) is 30.8 Å². The lowest BCUT2D eigenvalue weighted by Crippen LogP contribution is -2.47. The maximum absolute atomic E-state index is 13.9. The van der Waals surface area contributed by atoms with Crippen LogP contribution in [0.1, 0.15) is 50.6 Å². The number of carbonyl (C=O) groups excluding carboxylic acids is 2. The van der Waals surface area contributed by atoms with Gasteiger partial charge in [0.15, 0.2) is 0 Å². The molecule has 0 unspecified atom stereocenters. The van der Waals surface area contributed by atoms with E-state index in [4.69, 9.17) is 0 Å². The Kier molecular flexibility index (Phi) is 8.05. The molecule has 0 spiro atoms. The molecule has 0 radical (unpaired) electrons. The zero-order chi connectivity index (χ0) is 25.0. The van der Waals surface area contributed by atoms with Gasteiger partial charge in [0.25, 0.3) is 5.91 Å².